The molecule has 102 valence electrons. The van der Waals surface area contributed by atoms with E-state index in [1.165, 1.54) is 4.57 Å². The van der Waals surface area contributed by atoms with Gasteiger partial charge in [0, 0.05) is 12.7 Å². The summed E-state index contributed by atoms with van der Waals surface area (Å²) in [5.41, 5.74) is 1.10. The number of rotatable bonds is 5. The summed E-state index contributed by atoms with van der Waals surface area (Å²) < 4.78 is 12.2. The van der Waals surface area contributed by atoms with Gasteiger partial charge in [0.1, 0.15) is 5.75 Å². The second-order valence-corrected chi connectivity index (χ2v) is 4.36. The predicted molar refractivity (Wildman–Crippen MR) is 74.8 cm³/mol. The van der Waals surface area contributed by atoms with Crippen molar-refractivity contribution >= 4 is 11.2 Å². The molecule has 3 rings (SSSR count). The fourth-order valence-corrected chi connectivity index (χ4v) is 2.03. The van der Waals surface area contributed by atoms with Crippen LogP contribution in [0.3, 0.4) is 0 Å². The van der Waals surface area contributed by atoms with Crippen molar-refractivity contribution < 1.29 is 9.15 Å². The predicted octanol–water partition coefficient (Wildman–Crippen LogP) is 2.46. The highest BCUT2D eigenvalue weighted by Crippen LogP contribution is 2.10. The first-order valence-electron chi connectivity index (χ1n) is 6.47. The van der Waals surface area contributed by atoms with E-state index in [2.05, 4.69) is 4.98 Å². The number of pyridine rings is 1. The highest BCUT2D eigenvalue weighted by atomic mass is 16.5. The lowest BCUT2D eigenvalue weighted by Gasteiger charge is -2.05. The van der Waals surface area contributed by atoms with Gasteiger partial charge in [0.2, 0.25) is 0 Å². The number of benzene rings is 1. The number of aryl methyl sites for hydroxylation is 1. The van der Waals surface area contributed by atoms with Gasteiger partial charge in [0.25, 0.3) is 0 Å². The minimum atomic E-state index is -0.376. The van der Waals surface area contributed by atoms with Crippen molar-refractivity contribution in [3.05, 3.63) is 59.2 Å². The van der Waals surface area contributed by atoms with Gasteiger partial charge in [-0.2, -0.15) is 0 Å². The summed E-state index contributed by atoms with van der Waals surface area (Å²) in [5, 5.41) is 0. The molecule has 1 aromatic carbocycles. The molecule has 3 aromatic rings. The van der Waals surface area contributed by atoms with Crippen LogP contribution in [-0.2, 0) is 6.54 Å². The summed E-state index contributed by atoms with van der Waals surface area (Å²) in [6.07, 6.45) is 2.36. The van der Waals surface area contributed by atoms with E-state index in [9.17, 15) is 4.79 Å². The minimum Gasteiger partial charge on any atom is -0.494 e. The standard InChI is InChI=1S/C15H14N2O3/c18-15-17(14-13(20-15)8-4-9-16-14)10-5-11-19-12-6-2-1-3-7-12/h1-4,6-9H,5,10-11H2. The van der Waals surface area contributed by atoms with Crippen LogP contribution in [0.2, 0.25) is 0 Å². The lowest BCUT2D eigenvalue weighted by atomic mass is 10.3. The molecule has 0 aliphatic rings. The second kappa shape index (κ2) is 5.61. The van der Waals surface area contributed by atoms with E-state index in [-0.39, 0.29) is 5.76 Å². The van der Waals surface area contributed by atoms with Crippen LogP contribution in [0, 0.1) is 0 Å². The summed E-state index contributed by atoms with van der Waals surface area (Å²) in [5.74, 6) is 0.452. The fraction of sp³-hybridized carbons (Fsp3) is 0.200. The van der Waals surface area contributed by atoms with Gasteiger partial charge in [-0.05, 0) is 30.7 Å². The lowest BCUT2D eigenvalue weighted by molar-refractivity contribution is 0.300. The molecule has 5 heteroatoms. The van der Waals surface area contributed by atoms with Gasteiger partial charge in [0.15, 0.2) is 11.2 Å². The van der Waals surface area contributed by atoms with Crippen molar-refractivity contribution in [2.45, 2.75) is 13.0 Å². The largest absolute Gasteiger partial charge is 0.494 e. The average Bonchev–Trinajstić information content (AvgIpc) is 2.80. The van der Waals surface area contributed by atoms with Gasteiger partial charge >= 0.3 is 5.76 Å². The molecule has 0 aliphatic carbocycles. The Morgan fingerprint density at radius 1 is 1.15 bits per heavy atom. The Morgan fingerprint density at radius 3 is 2.85 bits per heavy atom. The number of para-hydroxylation sites is 1. The molecule has 0 amide bonds. The van der Waals surface area contributed by atoms with Crippen molar-refractivity contribution in [3.63, 3.8) is 0 Å². The monoisotopic (exact) mass is 270 g/mol. The maximum Gasteiger partial charge on any atom is 0.421 e. The third-order valence-electron chi connectivity index (χ3n) is 2.96. The quantitative estimate of drug-likeness (QED) is 0.668. The van der Waals surface area contributed by atoms with E-state index < -0.39 is 0 Å². The molecule has 0 unspecified atom stereocenters. The van der Waals surface area contributed by atoms with Crippen LogP contribution in [0.1, 0.15) is 6.42 Å². The Balaban J connectivity index is 1.63. The lowest BCUT2D eigenvalue weighted by Crippen LogP contribution is -2.16. The summed E-state index contributed by atoms with van der Waals surface area (Å²) in [4.78, 5) is 15.9. The van der Waals surface area contributed by atoms with Gasteiger partial charge in [-0.3, -0.25) is 4.57 Å². The zero-order valence-electron chi connectivity index (χ0n) is 10.9. The number of nitrogens with zero attached hydrogens (tertiary/aromatic N) is 2. The number of fused-ring (bicyclic) bond motifs is 1. The Hall–Kier alpha value is -2.56. The molecular weight excluding hydrogens is 256 g/mol. The van der Waals surface area contributed by atoms with E-state index in [4.69, 9.17) is 9.15 Å². The molecule has 0 bridgehead atoms. The average molecular weight is 270 g/mol. The minimum absolute atomic E-state index is 0.376. The van der Waals surface area contributed by atoms with Gasteiger partial charge in [0.05, 0.1) is 6.61 Å². The molecule has 0 atom stereocenters. The molecule has 0 saturated heterocycles. The Labute approximate surface area is 115 Å². The van der Waals surface area contributed by atoms with Crippen molar-refractivity contribution in [1.29, 1.82) is 0 Å². The second-order valence-electron chi connectivity index (χ2n) is 4.36. The molecule has 2 heterocycles. The van der Waals surface area contributed by atoms with E-state index in [0.717, 1.165) is 5.75 Å². The molecule has 0 saturated carbocycles. The Kier molecular flexibility index (Phi) is 3.50. The highest BCUT2D eigenvalue weighted by Gasteiger charge is 2.08. The Morgan fingerprint density at radius 2 is 2.00 bits per heavy atom. The first-order valence-corrected chi connectivity index (χ1v) is 6.47. The van der Waals surface area contributed by atoms with Crippen LogP contribution < -0.4 is 10.5 Å². The van der Waals surface area contributed by atoms with E-state index in [1.54, 1.807) is 18.3 Å². The van der Waals surface area contributed by atoms with Crippen LogP contribution in [0.4, 0.5) is 0 Å². The van der Waals surface area contributed by atoms with Gasteiger partial charge in [-0.1, -0.05) is 18.2 Å². The van der Waals surface area contributed by atoms with Gasteiger partial charge in [-0.25, -0.2) is 9.78 Å². The molecule has 0 N–H and O–H groups in total. The van der Waals surface area contributed by atoms with Crippen LogP contribution in [-0.4, -0.2) is 16.2 Å². The van der Waals surface area contributed by atoms with Crippen molar-refractivity contribution in [3.8, 4) is 5.75 Å². The van der Waals surface area contributed by atoms with Crippen LogP contribution in [0.25, 0.3) is 11.2 Å². The van der Waals surface area contributed by atoms with E-state index in [1.807, 2.05) is 30.3 Å². The smallest absolute Gasteiger partial charge is 0.421 e. The summed E-state index contributed by atoms with van der Waals surface area (Å²) >= 11 is 0. The van der Waals surface area contributed by atoms with Gasteiger partial charge in [-0.15, -0.1) is 0 Å². The highest BCUT2D eigenvalue weighted by molar-refractivity contribution is 5.67. The third-order valence-corrected chi connectivity index (χ3v) is 2.96. The van der Waals surface area contributed by atoms with Crippen LogP contribution in [0.15, 0.2) is 57.9 Å². The normalized spacial score (nSPS) is 10.8. The first kappa shape index (κ1) is 12.5. The summed E-state index contributed by atoms with van der Waals surface area (Å²) in [6.45, 7) is 1.06. The number of hydrogen-bond donors (Lipinski definition) is 0. The molecule has 2 aromatic heterocycles. The molecule has 20 heavy (non-hydrogen) atoms. The van der Waals surface area contributed by atoms with E-state index in [0.29, 0.717) is 30.8 Å². The molecule has 0 radical (unpaired) electrons. The van der Waals surface area contributed by atoms with Gasteiger partial charge < -0.3 is 9.15 Å². The molecule has 0 fully saturated rings. The first-order chi connectivity index (χ1) is 9.84. The maximum atomic E-state index is 11.7. The summed E-state index contributed by atoms with van der Waals surface area (Å²) in [6, 6.07) is 13.1. The molecule has 5 nitrogen and oxygen atoms in total. The Bertz CT molecular complexity index is 746. The van der Waals surface area contributed by atoms with Crippen molar-refractivity contribution in [2.24, 2.45) is 0 Å². The fourth-order valence-electron chi connectivity index (χ4n) is 2.03. The van der Waals surface area contributed by atoms with Crippen molar-refractivity contribution in [1.82, 2.24) is 9.55 Å². The maximum absolute atomic E-state index is 11.7. The SMILES string of the molecule is O=c1oc2cccnc2n1CCCOc1ccccc1. The zero-order valence-corrected chi connectivity index (χ0v) is 10.9. The van der Waals surface area contributed by atoms with Crippen LogP contribution >= 0.6 is 0 Å². The topological polar surface area (TPSA) is 57.3 Å². The van der Waals surface area contributed by atoms with Crippen LogP contribution in [0.5, 0.6) is 5.75 Å². The number of oxazole rings is 1. The summed E-state index contributed by atoms with van der Waals surface area (Å²) in [7, 11) is 0. The molecular formula is C15H14N2O3. The molecule has 0 spiro atoms. The third kappa shape index (κ3) is 2.56. The number of aromatic nitrogens is 2. The molecule has 0 aliphatic heterocycles. The zero-order chi connectivity index (χ0) is 13.8. The van der Waals surface area contributed by atoms with E-state index >= 15 is 0 Å². The number of ether oxygens (including phenoxy) is 1. The number of hydrogen-bond acceptors (Lipinski definition) is 4. The van der Waals surface area contributed by atoms with Crippen molar-refractivity contribution in [2.75, 3.05) is 6.61 Å².